The smallest absolute Gasteiger partial charge is 0.305 e. The molecule has 0 aromatic heterocycles. The average Bonchev–Trinajstić information content (AvgIpc) is 3.55. The van der Waals surface area contributed by atoms with Crippen LogP contribution in [0.1, 0.15) is 55.2 Å². The van der Waals surface area contributed by atoms with Crippen LogP contribution in [0.3, 0.4) is 0 Å². The van der Waals surface area contributed by atoms with Gasteiger partial charge in [0, 0.05) is 19.1 Å². The molecule has 15 nitrogen and oxygen atoms in total. The van der Waals surface area contributed by atoms with Crippen molar-refractivity contribution in [2.75, 3.05) is 6.54 Å². The van der Waals surface area contributed by atoms with E-state index >= 15 is 0 Å². The van der Waals surface area contributed by atoms with E-state index in [1.807, 2.05) is 66.7 Å². The highest BCUT2D eigenvalue weighted by molar-refractivity contribution is 5.97. The summed E-state index contributed by atoms with van der Waals surface area (Å²) in [5.41, 5.74) is 13.6. The number of rotatable bonds is 18. The highest BCUT2D eigenvalue weighted by Crippen LogP contribution is 2.39. The molecule has 15 heteroatoms. The Hall–Kier alpha value is -6.25. The Morgan fingerprint density at radius 2 is 1.43 bits per heavy atom. The number of amides is 5. The number of benzene rings is 3. The molecule has 0 aliphatic carbocycles. The fraction of sp³-hybridized carbons (Fsp3) is 0.390. The molecule has 3 aromatic rings. The number of aliphatic carboxylic acids is 1. The van der Waals surface area contributed by atoms with Crippen LogP contribution in [0.15, 0.2) is 96.0 Å². The van der Waals surface area contributed by atoms with Crippen LogP contribution >= 0.6 is 0 Å². The molecule has 56 heavy (non-hydrogen) atoms. The van der Waals surface area contributed by atoms with Gasteiger partial charge in [0.2, 0.25) is 29.5 Å². The van der Waals surface area contributed by atoms with Gasteiger partial charge in [0.25, 0.3) is 0 Å². The van der Waals surface area contributed by atoms with E-state index in [0.717, 1.165) is 16.7 Å². The summed E-state index contributed by atoms with van der Waals surface area (Å²) in [6.07, 6.45) is 1.57. The van der Waals surface area contributed by atoms with Crippen molar-refractivity contribution in [3.05, 3.63) is 108 Å². The number of carboxylic acid groups (broad SMARTS) is 1. The first-order chi connectivity index (χ1) is 27.0. The molecule has 296 valence electrons. The molecule has 0 bridgehead atoms. The summed E-state index contributed by atoms with van der Waals surface area (Å²) in [7, 11) is 0. The van der Waals surface area contributed by atoms with Gasteiger partial charge in [-0.15, -0.1) is 0 Å². The largest absolute Gasteiger partial charge is 0.481 e. The molecular weight excluding hydrogens is 716 g/mol. The fourth-order valence-electron chi connectivity index (χ4n) is 7.48. The predicted octanol–water partition coefficient (Wildman–Crippen LogP) is 1.15. The van der Waals surface area contributed by atoms with Crippen molar-refractivity contribution in [2.45, 2.75) is 88.1 Å². The van der Waals surface area contributed by atoms with Gasteiger partial charge in [0.05, 0.1) is 12.8 Å². The number of carbonyl (C=O) groups is 6. The lowest BCUT2D eigenvalue weighted by Gasteiger charge is -2.39. The van der Waals surface area contributed by atoms with E-state index < -0.39 is 54.3 Å². The molecule has 1 unspecified atom stereocenters. The molecule has 2 saturated heterocycles. The lowest BCUT2D eigenvalue weighted by Crippen LogP contribution is -2.61. The fourth-order valence-corrected chi connectivity index (χ4v) is 7.48. The minimum absolute atomic E-state index is 0.0372. The minimum atomic E-state index is -1.45. The van der Waals surface area contributed by atoms with Gasteiger partial charge in [-0.1, -0.05) is 91.0 Å². The Morgan fingerprint density at radius 3 is 2.05 bits per heavy atom. The van der Waals surface area contributed by atoms with Gasteiger partial charge < -0.3 is 42.7 Å². The second-order valence-corrected chi connectivity index (χ2v) is 14.2. The van der Waals surface area contributed by atoms with Crippen LogP contribution in [0.5, 0.6) is 0 Å². The Bertz CT molecular complexity index is 1860. The van der Waals surface area contributed by atoms with Crippen LogP contribution in [0.4, 0.5) is 0 Å². The van der Waals surface area contributed by atoms with Crippen molar-refractivity contribution in [2.24, 2.45) is 22.4 Å². The molecular formula is C41H50N8O7. The summed E-state index contributed by atoms with van der Waals surface area (Å²) in [6, 6.07) is 23.2. The molecule has 5 amide bonds. The third-order valence-corrected chi connectivity index (χ3v) is 10.2. The number of nitrogens with zero attached hydrogens (tertiary/aromatic N) is 2. The first-order valence-electron chi connectivity index (χ1n) is 18.9. The first kappa shape index (κ1) is 40.9. The summed E-state index contributed by atoms with van der Waals surface area (Å²) in [6.45, 7) is 0.243. The van der Waals surface area contributed by atoms with E-state index in [9.17, 15) is 33.9 Å². The maximum atomic E-state index is 14.3. The predicted molar refractivity (Wildman–Crippen MR) is 208 cm³/mol. The van der Waals surface area contributed by atoms with Gasteiger partial charge in [-0.2, -0.15) is 0 Å². The van der Waals surface area contributed by atoms with Crippen molar-refractivity contribution < 1.29 is 33.9 Å². The molecule has 2 aliphatic heterocycles. The van der Waals surface area contributed by atoms with Crippen molar-refractivity contribution in [3.63, 3.8) is 0 Å². The highest BCUT2D eigenvalue weighted by Gasteiger charge is 2.51. The third-order valence-electron chi connectivity index (χ3n) is 10.2. The zero-order valence-electron chi connectivity index (χ0n) is 31.1. The van der Waals surface area contributed by atoms with Gasteiger partial charge in [-0.3, -0.25) is 33.8 Å². The summed E-state index contributed by atoms with van der Waals surface area (Å²) in [5, 5.41) is 20.5. The average molecular weight is 767 g/mol. The molecule has 5 rings (SSSR count). The number of carbonyl (C=O) groups excluding carboxylic acids is 5. The summed E-state index contributed by atoms with van der Waals surface area (Å²) in [4.78, 5) is 85.9. The van der Waals surface area contributed by atoms with Gasteiger partial charge in [0.1, 0.15) is 24.2 Å². The van der Waals surface area contributed by atoms with Crippen molar-refractivity contribution in [1.29, 1.82) is 0 Å². The SMILES string of the molecule is NC(N)=NCCC[C@H](NC(=O)[C@@H]1C[C@@H](Cc2ccccc2)C2CC[C@@H](NC(=O)Cc3ccccc3)C(=O)N21)C(=O)N[C@H](CC(=O)O)C(=O)NCc1ccccc1. The number of piperidine rings is 1. The number of carboxylic acids is 1. The number of nitrogens with one attached hydrogen (secondary N) is 4. The maximum Gasteiger partial charge on any atom is 0.305 e. The molecule has 9 N–H and O–H groups in total. The summed E-state index contributed by atoms with van der Waals surface area (Å²) in [5.74, 6) is -4.30. The Labute approximate surface area is 325 Å². The summed E-state index contributed by atoms with van der Waals surface area (Å²) >= 11 is 0. The van der Waals surface area contributed by atoms with E-state index in [1.165, 1.54) is 0 Å². The minimum Gasteiger partial charge on any atom is -0.481 e. The van der Waals surface area contributed by atoms with E-state index in [1.54, 1.807) is 29.2 Å². The topological polar surface area (TPSA) is 238 Å². The second kappa shape index (κ2) is 19.9. The number of nitrogens with two attached hydrogens (primary N) is 2. The normalized spacial score (nSPS) is 19.8. The molecule has 3 aromatic carbocycles. The van der Waals surface area contributed by atoms with E-state index in [2.05, 4.69) is 26.3 Å². The molecule has 0 radical (unpaired) electrons. The quantitative estimate of drug-likeness (QED) is 0.0558. The van der Waals surface area contributed by atoms with Crippen molar-refractivity contribution in [1.82, 2.24) is 26.2 Å². The Kier molecular flexibility index (Phi) is 14.5. The van der Waals surface area contributed by atoms with Crippen molar-refractivity contribution >= 4 is 41.5 Å². The number of guanidine groups is 1. The number of fused-ring (bicyclic) bond motifs is 1. The Balaban J connectivity index is 1.34. The molecule has 2 fully saturated rings. The molecule has 0 saturated carbocycles. The zero-order chi connectivity index (χ0) is 40.0. The van der Waals surface area contributed by atoms with Crippen LogP contribution in [-0.2, 0) is 48.2 Å². The number of aliphatic imine (C=N–C) groups is 1. The molecule has 6 atom stereocenters. The standard InChI is InChI=1S/C41H50N8O7/c42-41(43)44-20-10-17-30(38(54)48-32(24-36(51)52)37(53)45-25-28-15-8-3-9-16-28)47-39(55)34-23-29(21-26-11-4-1-5-12-26)33-19-18-31(40(56)49(33)34)46-35(50)22-27-13-6-2-7-14-27/h1-9,11-16,29-34H,10,17-25H2,(H,45,53)(H,46,50)(H,47,55)(H,48,54)(H,51,52)(H4,42,43,44)/t29-,30+,31-,32-,33?,34+/m1/s1. The first-order valence-corrected chi connectivity index (χ1v) is 18.9. The third kappa shape index (κ3) is 11.6. The van der Waals surface area contributed by atoms with E-state index in [-0.39, 0.29) is 62.1 Å². The molecule has 2 aliphatic rings. The van der Waals surface area contributed by atoms with Crippen LogP contribution in [0.2, 0.25) is 0 Å². The Morgan fingerprint density at radius 1 is 0.804 bits per heavy atom. The van der Waals surface area contributed by atoms with Gasteiger partial charge >= 0.3 is 5.97 Å². The van der Waals surface area contributed by atoms with Gasteiger partial charge in [-0.25, -0.2) is 0 Å². The monoisotopic (exact) mass is 766 g/mol. The maximum absolute atomic E-state index is 14.3. The zero-order valence-corrected chi connectivity index (χ0v) is 31.1. The number of hydrogen-bond donors (Lipinski definition) is 7. The van der Waals surface area contributed by atoms with Gasteiger partial charge in [0.15, 0.2) is 5.96 Å². The van der Waals surface area contributed by atoms with E-state index in [0.29, 0.717) is 25.7 Å². The lowest BCUT2D eigenvalue weighted by molar-refractivity contribution is -0.147. The number of hydrogen-bond acceptors (Lipinski definition) is 7. The van der Waals surface area contributed by atoms with Crippen LogP contribution < -0.4 is 32.7 Å². The highest BCUT2D eigenvalue weighted by atomic mass is 16.4. The second-order valence-electron chi connectivity index (χ2n) is 14.2. The van der Waals surface area contributed by atoms with Crippen LogP contribution in [-0.4, -0.2) is 88.2 Å². The van der Waals surface area contributed by atoms with Crippen LogP contribution in [0.25, 0.3) is 0 Å². The van der Waals surface area contributed by atoms with Gasteiger partial charge in [-0.05, 0) is 61.1 Å². The molecule has 0 spiro atoms. The lowest BCUT2D eigenvalue weighted by atomic mass is 9.86. The molecule has 2 heterocycles. The van der Waals surface area contributed by atoms with E-state index in [4.69, 9.17) is 11.5 Å². The van der Waals surface area contributed by atoms with Crippen LogP contribution in [0, 0.1) is 5.92 Å². The van der Waals surface area contributed by atoms with Crippen molar-refractivity contribution in [3.8, 4) is 0 Å². The summed E-state index contributed by atoms with van der Waals surface area (Å²) < 4.78 is 0.